The number of fused-ring (bicyclic) bond motifs is 1. The van der Waals surface area contributed by atoms with Crippen LogP contribution in [0.2, 0.25) is 5.02 Å². The fourth-order valence-electron chi connectivity index (χ4n) is 3.66. The van der Waals surface area contributed by atoms with Gasteiger partial charge in [0.1, 0.15) is 24.5 Å². The maximum atomic E-state index is 11.8. The molecule has 0 spiro atoms. The number of aryl methyl sites for hydroxylation is 2. The van der Waals surface area contributed by atoms with Gasteiger partial charge in [0.2, 0.25) is 5.91 Å². The summed E-state index contributed by atoms with van der Waals surface area (Å²) in [6, 6.07) is 9.87. The second-order valence-electron chi connectivity index (χ2n) is 7.56. The second-order valence-corrected chi connectivity index (χ2v) is 7.97. The zero-order valence-corrected chi connectivity index (χ0v) is 21.4. The third kappa shape index (κ3) is 6.15. The van der Waals surface area contributed by atoms with Gasteiger partial charge < -0.3 is 14.8 Å². The van der Waals surface area contributed by atoms with Crippen molar-refractivity contribution in [2.45, 2.75) is 33.9 Å². The van der Waals surface area contributed by atoms with Crippen LogP contribution in [0.25, 0.3) is 22.2 Å². The molecule has 1 N–H and O–H groups in total. The lowest BCUT2D eigenvalue weighted by Crippen LogP contribution is -2.27. The Hall–Kier alpha value is -3.49. The summed E-state index contributed by atoms with van der Waals surface area (Å²) in [4.78, 5) is 20.7. The molecule has 8 nitrogen and oxygen atoms in total. The van der Waals surface area contributed by atoms with Crippen LogP contribution >= 0.6 is 11.6 Å². The standard InChI is InChI=1S/C24H24ClN5O3.C2H6/c1-15-9-18(21-7-8-28-30(21)2)17-5-4-6-22(24(17)29-15)33-13-19-16(10-26-12-20(19)25)11-27-23(31)14-32-3;1-2/h4-10,12H,11,13-14H2,1-3H3,(H,27,31);1-2H3. The minimum Gasteiger partial charge on any atom is -0.487 e. The average Bonchev–Trinajstić information content (AvgIpc) is 3.28. The highest BCUT2D eigenvalue weighted by Crippen LogP contribution is 2.33. The van der Waals surface area contributed by atoms with Crippen molar-refractivity contribution in [1.82, 2.24) is 25.1 Å². The summed E-state index contributed by atoms with van der Waals surface area (Å²) in [5, 5.41) is 8.52. The number of nitrogens with zero attached hydrogens (tertiary/aromatic N) is 4. The van der Waals surface area contributed by atoms with Gasteiger partial charge in [-0.1, -0.05) is 37.6 Å². The van der Waals surface area contributed by atoms with Crippen LogP contribution in [0.3, 0.4) is 0 Å². The minimum absolute atomic E-state index is 0.0140. The van der Waals surface area contributed by atoms with Crippen molar-refractivity contribution < 1.29 is 14.3 Å². The topological polar surface area (TPSA) is 91.2 Å². The van der Waals surface area contributed by atoms with E-state index in [4.69, 9.17) is 26.1 Å². The molecule has 3 aromatic heterocycles. The largest absolute Gasteiger partial charge is 0.487 e. The van der Waals surface area contributed by atoms with Crippen molar-refractivity contribution in [2.24, 2.45) is 7.05 Å². The first-order valence-electron chi connectivity index (χ1n) is 11.4. The van der Waals surface area contributed by atoms with E-state index in [2.05, 4.69) is 15.4 Å². The Morgan fingerprint density at radius 1 is 1.20 bits per heavy atom. The molecule has 9 heteroatoms. The summed E-state index contributed by atoms with van der Waals surface area (Å²) < 4.78 is 12.9. The fraction of sp³-hybridized carbons (Fsp3) is 0.308. The molecule has 0 atom stereocenters. The summed E-state index contributed by atoms with van der Waals surface area (Å²) in [6.45, 7) is 6.41. The van der Waals surface area contributed by atoms with Gasteiger partial charge in [0.15, 0.2) is 0 Å². The highest BCUT2D eigenvalue weighted by atomic mass is 35.5. The Balaban J connectivity index is 0.00000167. The van der Waals surface area contributed by atoms with E-state index in [9.17, 15) is 4.79 Å². The first-order chi connectivity index (χ1) is 17.0. The van der Waals surface area contributed by atoms with Crippen LogP contribution in [-0.4, -0.2) is 39.4 Å². The lowest BCUT2D eigenvalue weighted by atomic mass is 10.0. The van der Waals surface area contributed by atoms with Gasteiger partial charge in [0, 0.05) is 61.5 Å². The summed E-state index contributed by atoms with van der Waals surface area (Å²) in [6.07, 6.45) is 5.01. The smallest absolute Gasteiger partial charge is 0.246 e. The van der Waals surface area contributed by atoms with E-state index in [1.807, 2.05) is 62.8 Å². The quantitative estimate of drug-likeness (QED) is 0.375. The van der Waals surface area contributed by atoms with E-state index in [0.29, 0.717) is 10.8 Å². The molecule has 3 heterocycles. The molecule has 0 bridgehead atoms. The summed E-state index contributed by atoms with van der Waals surface area (Å²) in [7, 11) is 3.38. The molecule has 0 saturated carbocycles. The first kappa shape index (κ1) is 26.1. The lowest BCUT2D eigenvalue weighted by molar-refractivity contribution is -0.124. The van der Waals surface area contributed by atoms with Crippen LogP contribution < -0.4 is 10.1 Å². The SMILES string of the molecule is CC.COCC(=O)NCc1cncc(Cl)c1COc1cccc2c(-c3ccnn3C)cc(C)nc12. The Morgan fingerprint density at radius 2 is 2.00 bits per heavy atom. The second kappa shape index (κ2) is 12.3. The van der Waals surface area contributed by atoms with Crippen LogP contribution in [0.5, 0.6) is 5.75 Å². The Morgan fingerprint density at radius 3 is 2.71 bits per heavy atom. The van der Waals surface area contributed by atoms with Crippen LogP contribution in [0.4, 0.5) is 0 Å². The molecule has 4 rings (SSSR count). The predicted molar refractivity (Wildman–Crippen MR) is 137 cm³/mol. The van der Waals surface area contributed by atoms with Crippen LogP contribution in [0, 0.1) is 6.92 Å². The molecule has 0 aliphatic rings. The van der Waals surface area contributed by atoms with E-state index < -0.39 is 0 Å². The molecule has 1 amide bonds. The number of carbonyl (C=O) groups excluding carboxylic acids is 1. The number of ether oxygens (including phenoxy) is 2. The Bertz CT molecular complexity index is 1310. The average molecular weight is 496 g/mol. The van der Waals surface area contributed by atoms with Gasteiger partial charge in [0.05, 0.1) is 10.7 Å². The van der Waals surface area contributed by atoms with Gasteiger partial charge in [0.25, 0.3) is 0 Å². The molecular weight excluding hydrogens is 466 g/mol. The number of methoxy groups -OCH3 is 1. The molecule has 184 valence electrons. The van der Waals surface area contributed by atoms with Gasteiger partial charge in [-0.05, 0) is 30.7 Å². The summed E-state index contributed by atoms with van der Waals surface area (Å²) in [5.74, 6) is 0.419. The van der Waals surface area contributed by atoms with Crippen molar-refractivity contribution in [1.29, 1.82) is 0 Å². The third-order valence-corrected chi connectivity index (χ3v) is 5.57. The van der Waals surface area contributed by atoms with E-state index in [1.54, 1.807) is 18.6 Å². The van der Waals surface area contributed by atoms with Crippen molar-refractivity contribution in [2.75, 3.05) is 13.7 Å². The monoisotopic (exact) mass is 495 g/mol. The van der Waals surface area contributed by atoms with Crippen molar-refractivity contribution in [3.8, 4) is 17.0 Å². The zero-order valence-electron chi connectivity index (χ0n) is 20.6. The van der Waals surface area contributed by atoms with Crippen molar-refractivity contribution >= 4 is 28.4 Å². The van der Waals surface area contributed by atoms with E-state index >= 15 is 0 Å². The van der Waals surface area contributed by atoms with Gasteiger partial charge in [-0.2, -0.15) is 5.10 Å². The highest BCUT2D eigenvalue weighted by molar-refractivity contribution is 6.31. The molecule has 35 heavy (non-hydrogen) atoms. The molecule has 0 aliphatic carbocycles. The Labute approximate surface area is 210 Å². The van der Waals surface area contributed by atoms with Gasteiger partial charge in [-0.25, -0.2) is 4.98 Å². The molecule has 1 aromatic carbocycles. The molecular formula is C26H30ClN5O3. The molecule has 0 aliphatic heterocycles. The number of benzene rings is 1. The number of pyridine rings is 2. The maximum Gasteiger partial charge on any atom is 0.246 e. The minimum atomic E-state index is -0.222. The van der Waals surface area contributed by atoms with Gasteiger partial charge in [-0.3, -0.25) is 14.5 Å². The molecule has 0 unspecified atom stereocenters. The fourth-order valence-corrected chi connectivity index (χ4v) is 3.89. The zero-order chi connectivity index (χ0) is 25.4. The van der Waals surface area contributed by atoms with Crippen molar-refractivity contribution in [3.63, 3.8) is 0 Å². The van der Waals surface area contributed by atoms with E-state index in [-0.39, 0.29) is 25.7 Å². The summed E-state index contributed by atoms with van der Waals surface area (Å²) in [5.41, 5.74) is 5.18. The molecule has 4 aromatic rings. The number of halogens is 1. The molecule has 0 radical (unpaired) electrons. The van der Waals surface area contributed by atoms with Crippen molar-refractivity contribution in [3.05, 3.63) is 70.8 Å². The number of carbonyl (C=O) groups is 1. The highest BCUT2D eigenvalue weighted by Gasteiger charge is 2.15. The Kier molecular flexibility index (Phi) is 9.17. The van der Waals surface area contributed by atoms with E-state index in [0.717, 1.165) is 39.0 Å². The van der Waals surface area contributed by atoms with E-state index in [1.165, 1.54) is 7.11 Å². The normalized spacial score (nSPS) is 10.6. The van der Waals surface area contributed by atoms with Crippen LogP contribution in [-0.2, 0) is 29.7 Å². The van der Waals surface area contributed by atoms with Crippen LogP contribution in [0.15, 0.2) is 48.9 Å². The number of amides is 1. The number of hydrogen-bond acceptors (Lipinski definition) is 6. The summed E-state index contributed by atoms with van der Waals surface area (Å²) >= 11 is 6.42. The van der Waals surface area contributed by atoms with Gasteiger partial charge in [-0.15, -0.1) is 0 Å². The lowest BCUT2D eigenvalue weighted by Gasteiger charge is -2.15. The number of hydrogen-bond donors (Lipinski definition) is 1. The van der Waals surface area contributed by atoms with Gasteiger partial charge >= 0.3 is 0 Å². The molecule has 0 saturated heterocycles. The molecule has 0 fully saturated rings. The number of rotatable bonds is 8. The maximum absolute atomic E-state index is 11.8. The number of aromatic nitrogens is 4. The predicted octanol–water partition coefficient (Wildman–Crippen LogP) is 4.86. The first-order valence-corrected chi connectivity index (χ1v) is 11.7. The van der Waals surface area contributed by atoms with Crippen LogP contribution in [0.1, 0.15) is 30.7 Å². The third-order valence-electron chi connectivity index (χ3n) is 5.25. The number of para-hydroxylation sites is 1. The number of nitrogens with one attached hydrogen (secondary N) is 1.